The predicted octanol–water partition coefficient (Wildman–Crippen LogP) is 4.17. The van der Waals surface area contributed by atoms with Gasteiger partial charge in [-0.2, -0.15) is 0 Å². The standard InChI is InChI=1S/C11H22/c1-6-10(2)8-7-9-11(3,4)5/h6H,7-9H2,1-5H3. The minimum absolute atomic E-state index is 0.508. The van der Waals surface area contributed by atoms with Crippen molar-refractivity contribution < 1.29 is 0 Å². The van der Waals surface area contributed by atoms with E-state index in [9.17, 15) is 0 Å². The Bertz CT molecular complexity index is 123. The molecule has 0 aliphatic carbocycles. The summed E-state index contributed by atoms with van der Waals surface area (Å²) in [7, 11) is 0. The molecule has 0 nitrogen and oxygen atoms in total. The third kappa shape index (κ3) is 7.64. The lowest BCUT2D eigenvalue weighted by Gasteiger charge is -2.17. The molecule has 0 heteroatoms. The van der Waals surface area contributed by atoms with E-state index in [4.69, 9.17) is 0 Å². The lowest BCUT2D eigenvalue weighted by molar-refractivity contribution is 0.365. The van der Waals surface area contributed by atoms with Gasteiger partial charge in [0.25, 0.3) is 0 Å². The molecule has 0 aromatic carbocycles. The molecule has 66 valence electrons. The van der Waals surface area contributed by atoms with Gasteiger partial charge >= 0.3 is 0 Å². The van der Waals surface area contributed by atoms with Gasteiger partial charge in [-0.25, -0.2) is 0 Å². The number of allylic oxidation sites excluding steroid dienone is 2. The molecule has 0 aliphatic heterocycles. The van der Waals surface area contributed by atoms with Crippen LogP contribution in [0.4, 0.5) is 0 Å². The minimum Gasteiger partial charge on any atom is -0.0887 e. The van der Waals surface area contributed by atoms with E-state index in [-0.39, 0.29) is 0 Å². The first-order valence-electron chi connectivity index (χ1n) is 4.57. The molecule has 0 saturated heterocycles. The monoisotopic (exact) mass is 154 g/mol. The van der Waals surface area contributed by atoms with E-state index in [1.807, 2.05) is 0 Å². The zero-order chi connectivity index (χ0) is 8.91. The molecule has 0 heterocycles. The third-order valence-electron chi connectivity index (χ3n) is 1.99. The van der Waals surface area contributed by atoms with Crippen LogP contribution in [0.5, 0.6) is 0 Å². The Balaban J connectivity index is 3.43. The number of hydrogen-bond acceptors (Lipinski definition) is 0. The van der Waals surface area contributed by atoms with Crippen molar-refractivity contribution in [1.29, 1.82) is 0 Å². The molecule has 0 fully saturated rings. The molecule has 0 aromatic heterocycles. The van der Waals surface area contributed by atoms with Gasteiger partial charge in [-0.05, 0) is 38.5 Å². The maximum absolute atomic E-state index is 2.30. The highest BCUT2D eigenvalue weighted by Gasteiger charge is 2.08. The normalized spacial score (nSPS) is 13.7. The van der Waals surface area contributed by atoms with Crippen molar-refractivity contribution in [3.63, 3.8) is 0 Å². The molecule has 0 amide bonds. The summed E-state index contributed by atoms with van der Waals surface area (Å²) in [5.74, 6) is 0. The molecule has 0 spiro atoms. The molecule has 0 radical (unpaired) electrons. The summed E-state index contributed by atoms with van der Waals surface area (Å²) in [6, 6.07) is 0. The Kier molecular flexibility index (Phi) is 4.48. The minimum atomic E-state index is 0.508. The van der Waals surface area contributed by atoms with Crippen LogP contribution in [0.25, 0.3) is 0 Å². The van der Waals surface area contributed by atoms with Gasteiger partial charge in [0.1, 0.15) is 0 Å². The fourth-order valence-electron chi connectivity index (χ4n) is 1.04. The van der Waals surface area contributed by atoms with E-state index < -0.39 is 0 Å². The van der Waals surface area contributed by atoms with Gasteiger partial charge < -0.3 is 0 Å². The Labute approximate surface area is 71.7 Å². The second-order valence-corrected chi connectivity index (χ2v) is 4.55. The lowest BCUT2D eigenvalue weighted by atomic mass is 9.89. The fraction of sp³-hybridized carbons (Fsp3) is 0.818. The Hall–Kier alpha value is -0.260. The highest BCUT2D eigenvalue weighted by Crippen LogP contribution is 2.22. The lowest BCUT2D eigenvalue weighted by Crippen LogP contribution is -2.03. The molecular weight excluding hydrogens is 132 g/mol. The van der Waals surface area contributed by atoms with Crippen molar-refractivity contribution in [3.05, 3.63) is 11.6 Å². The quantitative estimate of drug-likeness (QED) is 0.535. The van der Waals surface area contributed by atoms with Gasteiger partial charge in [0.2, 0.25) is 0 Å². The summed E-state index contributed by atoms with van der Waals surface area (Å²) >= 11 is 0. The van der Waals surface area contributed by atoms with Crippen molar-refractivity contribution in [2.75, 3.05) is 0 Å². The van der Waals surface area contributed by atoms with E-state index in [1.54, 1.807) is 0 Å². The van der Waals surface area contributed by atoms with Gasteiger partial charge in [-0.1, -0.05) is 32.4 Å². The summed E-state index contributed by atoms with van der Waals surface area (Å²) in [5.41, 5.74) is 2.03. The molecule has 0 saturated carbocycles. The molecule has 0 unspecified atom stereocenters. The van der Waals surface area contributed by atoms with Gasteiger partial charge in [-0.15, -0.1) is 0 Å². The molecular formula is C11H22. The van der Waals surface area contributed by atoms with E-state index in [2.05, 4.69) is 40.7 Å². The van der Waals surface area contributed by atoms with Crippen LogP contribution in [0.1, 0.15) is 53.9 Å². The van der Waals surface area contributed by atoms with E-state index >= 15 is 0 Å². The average molecular weight is 154 g/mol. The maximum Gasteiger partial charge on any atom is -0.0323 e. The SMILES string of the molecule is CC=C(C)CCCC(C)(C)C. The molecule has 11 heavy (non-hydrogen) atoms. The number of rotatable bonds is 3. The Morgan fingerprint density at radius 2 is 1.82 bits per heavy atom. The average Bonchev–Trinajstić information content (AvgIpc) is 1.85. The van der Waals surface area contributed by atoms with Crippen LogP contribution >= 0.6 is 0 Å². The topological polar surface area (TPSA) is 0 Å². The van der Waals surface area contributed by atoms with Crippen molar-refractivity contribution >= 4 is 0 Å². The summed E-state index contributed by atoms with van der Waals surface area (Å²) in [4.78, 5) is 0. The van der Waals surface area contributed by atoms with Crippen molar-refractivity contribution in [1.82, 2.24) is 0 Å². The second kappa shape index (κ2) is 4.58. The van der Waals surface area contributed by atoms with Gasteiger partial charge in [0, 0.05) is 0 Å². The second-order valence-electron chi connectivity index (χ2n) is 4.55. The molecule has 0 rings (SSSR count). The van der Waals surface area contributed by atoms with Crippen molar-refractivity contribution in [3.8, 4) is 0 Å². The van der Waals surface area contributed by atoms with Crippen molar-refractivity contribution in [2.45, 2.75) is 53.9 Å². The maximum atomic E-state index is 2.30. The van der Waals surface area contributed by atoms with E-state index in [1.165, 1.54) is 24.8 Å². The van der Waals surface area contributed by atoms with Crippen LogP contribution in [0, 0.1) is 5.41 Å². The zero-order valence-electron chi connectivity index (χ0n) is 8.70. The first kappa shape index (κ1) is 10.7. The van der Waals surface area contributed by atoms with E-state index in [0.29, 0.717) is 5.41 Å². The molecule has 0 aromatic rings. The zero-order valence-corrected chi connectivity index (χ0v) is 8.70. The summed E-state index contributed by atoms with van der Waals surface area (Å²) < 4.78 is 0. The third-order valence-corrected chi connectivity index (χ3v) is 1.99. The summed E-state index contributed by atoms with van der Waals surface area (Å²) in [6.07, 6.45) is 6.15. The van der Waals surface area contributed by atoms with Gasteiger partial charge in [0.15, 0.2) is 0 Å². The number of hydrogen-bond donors (Lipinski definition) is 0. The Morgan fingerprint density at radius 1 is 1.27 bits per heavy atom. The first-order chi connectivity index (χ1) is 4.95. The largest absolute Gasteiger partial charge is 0.0887 e. The smallest absolute Gasteiger partial charge is 0.0323 e. The molecule has 0 aliphatic rings. The highest BCUT2D eigenvalue weighted by molar-refractivity contribution is 4.95. The van der Waals surface area contributed by atoms with Gasteiger partial charge in [-0.3, -0.25) is 0 Å². The molecule has 0 N–H and O–H groups in total. The Morgan fingerprint density at radius 3 is 2.18 bits per heavy atom. The fourth-order valence-corrected chi connectivity index (χ4v) is 1.04. The summed E-state index contributed by atoms with van der Waals surface area (Å²) in [5, 5.41) is 0. The van der Waals surface area contributed by atoms with Crippen LogP contribution in [0.3, 0.4) is 0 Å². The van der Waals surface area contributed by atoms with Crippen LogP contribution in [-0.4, -0.2) is 0 Å². The van der Waals surface area contributed by atoms with Gasteiger partial charge in [0.05, 0.1) is 0 Å². The van der Waals surface area contributed by atoms with Crippen LogP contribution < -0.4 is 0 Å². The molecule has 0 atom stereocenters. The van der Waals surface area contributed by atoms with Crippen LogP contribution in [-0.2, 0) is 0 Å². The first-order valence-corrected chi connectivity index (χ1v) is 4.57. The van der Waals surface area contributed by atoms with E-state index in [0.717, 1.165) is 0 Å². The molecule has 0 bridgehead atoms. The summed E-state index contributed by atoms with van der Waals surface area (Å²) in [6.45, 7) is 11.2. The van der Waals surface area contributed by atoms with Crippen LogP contribution in [0.15, 0.2) is 11.6 Å². The highest BCUT2D eigenvalue weighted by atomic mass is 14.1. The van der Waals surface area contributed by atoms with Crippen LogP contribution in [0.2, 0.25) is 0 Å². The van der Waals surface area contributed by atoms with Crippen molar-refractivity contribution in [2.24, 2.45) is 5.41 Å². The predicted molar refractivity (Wildman–Crippen MR) is 52.7 cm³/mol.